The first-order valence-corrected chi connectivity index (χ1v) is 10.3. The summed E-state index contributed by atoms with van der Waals surface area (Å²) in [5.74, 6) is 1.97. The van der Waals surface area contributed by atoms with Gasteiger partial charge in [0.05, 0.1) is 5.36 Å². The SMILES string of the molecule is Cc1ccc([C@@H]2N=c3ccccc3=C3C(=O)NC(SCc4ccccc4)=NN32)o1. The number of hydrazone groups is 1. The fraction of sp³-hybridized carbons (Fsp3) is 0.136. The molecular weight excluding hydrogens is 384 g/mol. The Kier molecular flexibility index (Phi) is 4.44. The van der Waals surface area contributed by atoms with E-state index in [2.05, 4.69) is 17.4 Å². The van der Waals surface area contributed by atoms with Gasteiger partial charge >= 0.3 is 0 Å². The molecule has 0 fully saturated rings. The third-order valence-corrected chi connectivity index (χ3v) is 5.68. The molecule has 3 aromatic rings. The highest BCUT2D eigenvalue weighted by atomic mass is 32.2. The molecule has 0 radical (unpaired) electrons. The second kappa shape index (κ2) is 7.25. The second-order valence-corrected chi connectivity index (χ2v) is 7.76. The lowest BCUT2D eigenvalue weighted by atomic mass is 10.1. The minimum absolute atomic E-state index is 0.189. The zero-order chi connectivity index (χ0) is 19.8. The number of thioether (sulfide) groups is 1. The Morgan fingerprint density at radius 2 is 1.86 bits per heavy atom. The van der Waals surface area contributed by atoms with Gasteiger partial charge in [0.1, 0.15) is 11.5 Å². The van der Waals surface area contributed by atoms with E-state index < -0.39 is 6.17 Å². The number of carbonyl (C=O) groups excluding carboxylic acids is 1. The average Bonchev–Trinajstić information content (AvgIpc) is 3.18. The van der Waals surface area contributed by atoms with Crippen LogP contribution in [0, 0.1) is 6.92 Å². The van der Waals surface area contributed by atoms with Gasteiger partial charge < -0.3 is 4.42 Å². The molecule has 1 N–H and O–H groups in total. The van der Waals surface area contributed by atoms with Crippen molar-refractivity contribution < 1.29 is 9.21 Å². The zero-order valence-corrected chi connectivity index (χ0v) is 16.5. The predicted molar refractivity (Wildman–Crippen MR) is 112 cm³/mol. The third-order valence-electron chi connectivity index (χ3n) is 4.75. The Hall–Kier alpha value is -3.32. The van der Waals surface area contributed by atoms with E-state index in [-0.39, 0.29) is 5.91 Å². The minimum atomic E-state index is -0.521. The number of rotatable bonds is 3. The first-order chi connectivity index (χ1) is 14.2. The first-order valence-electron chi connectivity index (χ1n) is 9.28. The number of amidine groups is 1. The summed E-state index contributed by atoms with van der Waals surface area (Å²) < 4.78 is 5.83. The van der Waals surface area contributed by atoms with Gasteiger partial charge in [0.2, 0.25) is 6.17 Å². The quantitative estimate of drug-likeness (QED) is 0.731. The number of para-hydroxylation sites is 1. The van der Waals surface area contributed by atoms with E-state index in [0.717, 1.165) is 21.9 Å². The Balaban J connectivity index is 1.57. The van der Waals surface area contributed by atoms with E-state index in [9.17, 15) is 4.79 Å². The molecule has 2 aliphatic heterocycles. The van der Waals surface area contributed by atoms with Crippen molar-refractivity contribution in [2.75, 3.05) is 0 Å². The van der Waals surface area contributed by atoms with Gasteiger partial charge in [0, 0.05) is 11.0 Å². The molecule has 144 valence electrons. The summed E-state index contributed by atoms with van der Waals surface area (Å²) in [7, 11) is 0. The van der Waals surface area contributed by atoms with Crippen LogP contribution in [0.4, 0.5) is 0 Å². The molecule has 0 bridgehead atoms. The van der Waals surface area contributed by atoms with Crippen LogP contribution >= 0.6 is 11.8 Å². The zero-order valence-electron chi connectivity index (χ0n) is 15.7. The van der Waals surface area contributed by atoms with Crippen LogP contribution in [-0.4, -0.2) is 16.1 Å². The molecule has 7 heteroatoms. The van der Waals surface area contributed by atoms with Gasteiger partial charge in [-0.2, -0.15) is 0 Å². The van der Waals surface area contributed by atoms with Crippen LogP contribution in [0.2, 0.25) is 0 Å². The van der Waals surface area contributed by atoms with Gasteiger partial charge in [0.25, 0.3) is 5.91 Å². The lowest BCUT2D eigenvalue weighted by molar-refractivity contribution is -0.116. The van der Waals surface area contributed by atoms with E-state index >= 15 is 0 Å². The molecule has 1 atom stereocenters. The van der Waals surface area contributed by atoms with Crippen molar-refractivity contribution in [3.63, 3.8) is 0 Å². The van der Waals surface area contributed by atoms with Crippen LogP contribution in [0.15, 0.2) is 81.2 Å². The molecule has 0 spiro atoms. The van der Waals surface area contributed by atoms with Crippen molar-refractivity contribution >= 4 is 28.5 Å². The lowest BCUT2D eigenvalue weighted by Crippen LogP contribution is -2.50. The summed E-state index contributed by atoms with van der Waals surface area (Å²) >= 11 is 1.48. The van der Waals surface area contributed by atoms with Gasteiger partial charge in [-0.15, -0.1) is 5.10 Å². The molecule has 6 nitrogen and oxygen atoms in total. The first kappa shape index (κ1) is 17.8. The largest absolute Gasteiger partial charge is 0.462 e. The molecule has 0 saturated heterocycles. The molecule has 5 rings (SSSR count). The Labute approximate surface area is 171 Å². The van der Waals surface area contributed by atoms with E-state index in [1.807, 2.05) is 61.5 Å². The molecule has 0 unspecified atom stereocenters. The van der Waals surface area contributed by atoms with Gasteiger partial charge in [-0.3, -0.25) is 10.1 Å². The van der Waals surface area contributed by atoms with E-state index in [1.54, 1.807) is 5.01 Å². The van der Waals surface area contributed by atoms with Gasteiger partial charge in [-0.05, 0) is 30.7 Å². The van der Waals surface area contributed by atoms with Crippen molar-refractivity contribution in [3.05, 3.63) is 94.4 Å². The molecule has 1 amide bonds. The summed E-state index contributed by atoms with van der Waals surface area (Å²) in [5, 5.41) is 11.4. The van der Waals surface area contributed by atoms with Crippen LogP contribution in [0.25, 0.3) is 5.70 Å². The number of nitrogens with one attached hydrogen (secondary N) is 1. The molecule has 3 heterocycles. The number of aryl methyl sites for hydroxylation is 1. The van der Waals surface area contributed by atoms with Crippen LogP contribution in [0.1, 0.15) is 23.2 Å². The fourth-order valence-electron chi connectivity index (χ4n) is 3.40. The summed E-state index contributed by atoms with van der Waals surface area (Å²) in [5.41, 5.74) is 1.65. The van der Waals surface area contributed by atoms with Crippen LogP contribution in [-0.2, 0) is 10.5 Å². The highest BCUT2D eigenvalue weighted by Gasteiger charge is 2.35. The molecule has 0 aliphatic carbocycles. The number of hydrogen-bond donors (Lipinski definition) is 1. The molecule has 2 aromatic carbocycles. The lowest BCUT2D eigenvalue weighted by Gasteiger charge is -2.32. The van der Waals surface area contributed by atoms with Crippen LogP contribution in [0.3, 0.4) is 0 Å². The highest BCUT2D eigenvalue weighted by Crippen LogP contribution is 2.31. The molecule has 29 heavy (non-hydrogen) atoms. The molecular formula is C22H18N4O2S. The van der Waals surface area contributed by atoms with Crippen molar-refractivity contribution in [3.8, 4) is 0 Å². The second-order valence-electron chi connectivity index (χ2n) is 6.80. The number of nitrogens with zero attached hydrogens (tertiary/aromatic N) is 3. The Morgan fingerprint density at radius 3 is 2.66 bits per heavy atom. The van der Waals surface area contributed by atoms with Crippen LogP contribution in [0.5, 0.6) is 0 Å². The normalized spacial score (nSPS) is 17.8. The number of fused-ring (bicyclic) bond motifs is 2. The number of benzene rings is 2. The summed E-state index contributed by atoms with van der Waals surface area (Å²) in [6, 6.07) is 21.5. The Morgan fingerprint density at radius 1 is 1.07 bits per heavy atom. The van der Waals surface area contributed by atoms with Gasteiger partial charge in [-0.1, -0.05) is 60.3 Å². The predicted octanol–water partition coefficient (Wildman–Crippen LogP) is 2.66. The standard InChI is InChI=1S/C22H18N4O2S/c1-14-11-12-18(28-14)20-23-17-10-6-5-9-16(17)19-21(27)24-22(25-26(19)20)29-13-15-7-3-2-4-8-15/h2-12,20H,13H2,1H3,(H,24,25,27)/t20-/m1/s1. The maximum absolute atomic E-state index is 13.0. The van der Waals surface area contributed by atoms with E-state index in [1.165, 1.54) is 11.8 Å². The maximum Gasteiger partial charge on any atom is 0.276 e. The molecule has 2 aliphatic rings. The number of carbonyl (C=O) groups is 1. The van der Waals surface area contributed by atoms with Crippen molar-refractivity contribution in [1.29, 1.82) is 0 Å². The molecule has 1 aromatic heterocycles. The van der Waals surface area contributed by atoms with Crippen LogP contribution < -0.4 is 15.9 Å². The maximum atomic E-state index is 13.0. The highest BCUT2D eigenvalue weighted by molar-refractivity contribution is 8.13. The minimum Gasteiger partial charge on any atom is -0.462 e. The third kappa shape index (κ3) is 3.34. The summed E-state index contributed by atoms with van der Waals surface area (Å²) in [6.45, 7) is 1.89. The van der Waals surface area contributed by atoms with Crippen molar-refractivity contribution in [2.24, 2.45) is 10.1 Å². The van der Waals surface area contributed by atoms with Gasteiger partial charge in [0.15, 0.2) is 10.9 Å². The molecule has 0 saturated carbocycles. The number of hydrogen-bond acceptors (Lipinski definition) is 6. The Bertz CT molecular complexity index is 1230. The average molecular weight is 402 g/mol. The summed E-state index contributed by atoms with van der Waals surface area (Å²) in [6.07, 6.45) is -0.521. The van der Waals surface area contributed by atoms with Gasteiger partial charge in [-0.25, -0.2) is 10.0 Å². The van der Waals surface area contributed by atoms with Crippen molar-refractivity contribution in [1.82, 2.24) is 10.3 Å². The van der Waals surface area contributed by atoms with E-state index in [4.69, 9.17) is 14.5 Å². The monoisotopic (exact) mass is 402 g/mol. The topological polar surface area (TPSA) is 70.2 Å². The van der Waals surface area contributed by atoms with E-state index in [0.29, 0.717) is 22.4 Å². The summed E-state index contributed by atoms with van der Waals surface area (Å²) in [4.78, 5) is 17.9. The number of furan rings is 1. The number of amides is 1. The fourth-order valence-corrected chi connectivity index (χ4v) is 4.20. The smallest absolute Gasteiger partial charge is 0.276 e. The van der Waals surface area contributed by atoms with Crippen molar-refractivity contribution in [2.45, 2.75) is 18.8 Å².